The van der Waals surface area contributed by atoms with Crippen molar-refractivity contribution in [1.82, 2.24) is 4.90 Å². The maximum Gasteiger partial charge on any atom is 0.0829 e. The third-order valence-corrected chi connectivity index (χ3v) is 6.40. The monoisotopic (exact) mass is 381 g/mol. The minimum atomic E-state index is 0.00994. The van der Waals surface area contributed by atoms with Gasteiger partial charge >= 0.3 is 0 Å². The van der Waals surface area contributed by atoms with Gasteiger partial charge in [0.25, 0.3) is 0 Å². The van der Waals surface area contributed by atoms with Crippen LogP contribution in [0.15, 0.2) is 0 Å². The van der Waals surface area contributed by atoms with Gasteiger partial charge in [0, 0.05) is 38.4 Å². The molecule has 0 spiro atoms. The summed E-state index contributed by atoms with van der Waals surface area (Å²) < 4.78 is 17.9. The van der Waals surface area contributed by atoms with Crippen molar-refractivity contribution >= 4 is 0 Å². The van der Waals surface area contributed by atoms with Crippen molar-refractivity contribution in [1.29, 1.82) is 0 Å². The molecule has 2 aliphatic carbocycles. The highest BCUT2D eigenvalue weighted by Crippen LogP contribution is 2.52. The molecular formula is C23H43NO3. The summed E-state index contributed by atoms with van der Waals surface area (Å²) >= 11 is 0. The van der Waals surface area contributed by atoms with Crippen molar-refractivity contribution in [2.45, 2.75) is 97.0 Å². The summed E-state index contributed by atoms with van der Waals surface area (Å²) in [5.41, 5.74) is 0.296. The van der Waals surface area contributed by atoms with E-state index in [1.165, 1.54) is 19.3 Å². The lowest BCUT2D eigenvalue weighted by Crippen LogP contribution is -2.59. The Kier molecular flexibility index (Phi) is 6.93. The second-order valence-electron chi connectivity index (χ2n) is 11.1. The van der Waals surface area contributed by atoms with Gasteiger partial charge < -0.3 is 14.2 Å². The average molecular weight is 382 g/mol. The number of ether oxygens (including phenoxy) is 3. The number of hydrogen-bond donors (Lipinski definition) is 0. The normalized spacial score (nSPS) is 32.2. The number of likely N-dealkylation sites (tertiary alicyclic amines) is 1. The van der Waals surface area contributed by atoms with Gasteiger partial charge in [0.1, 0.15) is 0 Å². The SMILES string of the molecule is CC(C)(C)OC1CC(C2CC2COCCCCOC2CN(C(C)(C)C)C2)C1. The Morgan fingerprint density at radius 2 is 1.52 bits per heavy atom. The van der Waals surface area contributed by atoms with Gasteiger partial charge in [0.2, 0.25) is 0 Å². The first-order valence-corrected chi connectivity index (χ1v) is 11.2. The van der Waals surface area contributed by atoms with Crippen LogP contribution in [0, 0.1) is 17.8 Å². The zero-order valence-corrected chi connectivity index (χ0v) is 18.6. The third-order valence-electron chi connectivity index (χ3n) is 6.40. The number of hydrogen-bond acceptors (Lipinski definition) is 4. The lowest BCUT2D eigenvalue weighted by molar-refractivity contribution is -0.116. The quantitative estimate of drug-likeness (QED) is 0.521. The molecule has 3 aliphatic rings. The number of nitrogens with zero attached hydrogens (tertiary/aromatic N) is 1. The topological polar surface area (TPSA) is 30.9 Å². The summed E-state index contributed by atoms with van der Waals surface area (Å²) in [6, 6.07) is 0. The maximum absolute atomic E-state index is 6.06. The highest BCUT2D eigenvalue weighted by atomic mass is 16.5. The van der Waals surface area contributed by atoms with Gasteiger partial charge in [-0.3, -0.25) is 4.90 Å². The molecule has 2 unspecified atom stereocenters. The molecule has 1 aliphatic heterocycles. The third kappa shape index (κ3) is 6.69. The van der Waals surface area contributed by atoms with Gasteiger partial charge in [0.05, 0.1) is 17.8 Å². The molecule has 4 heteroatoms. The summed E-state index contributed by atoms with van der Waals surface area (Å²) in [6.45, 7) is 18.2. The Bertz CT molecular complexity index is 455. The van der Waals surface area contributed by atoms with Gasteiger partial charge in [-0.15, -0.1) is 0 Å². The molecule has 27 heavy (non-hydrogen) atoms. The predicted molar refractivity (Wildman–Crippen MR) is 110 cm³/mol. The molecule has 1 heterocycles. The molecule has 3 fully saturated rings. The Labute approximate surface area is 167 Å². The van der Waals surface area contributed by atoms with E-state index >= 15 is 0 Å². The van der Waals surface area contributed by atoms with Crippen LogP contribution in [0.1, 0.15) is 73.6 Å². The van der Waals surface area contributed by atoms with E-state index in [2.05, 4.69) is 46.4 Å². The second kappa shape index (κ2) is 8.69. The molecule has 0 aromatic rings. The van der Waals surface area contributed by atoms with Gasteiger partial charge in [-0.1, -0.05) is 0 Å². The zero-order valence-electron chi connectivity index (χ0n) is 18.6. The Morgan fingerprint density at radius 3 is 2.15 bits per heavy atom. The van der Waals surface area contributed by atoms with Crippen molar-refractivity contribution < 1.29 is 14.2 Å². The van der Waals surface area contributed by atoms with Crippen LogP contribution in [0.4, 0.5) is 0 Å². The summed E-state index contributed by atoms with van der Waals surface area (Å²) in [4.78, 5) is 2.48. The van der Waals surface area contributed by atoms with E-state index in [0.717, 1.165) is 63.5 Å². The number of rotatable bonds is 10. The first kappa shape index (κ1) is 21.5. The fourth-order valence-electron chi connectivity index (χ4n) is 4.47. The van der Waals surface area contributed by atoms with E-state index in [0.29, 0.717) is 12.2 Å². The average Bonchev–Trinajstić information content (AvgIpc) is 3.19. The van der Waals surface area contributed by atoms with Gasteiger partial charge in [-0.05, 0) is 91.4 Å². The van der Waals surface area contributed by atoms with Crippen LogP contribution in [0.25, 0.3) is 0 Å². The van der Waals surface area contributed by atoms with Crippen molar-refractivity contribution in [3.63, 3.8) is 0 Å². The molecule has 158 valence electrons. The molecule has 0 bridgehead atoms. The number of unbranched alkanes of at least 4 members (excludes halogenated alkanes) is 1. The summed E-state index contributed by atoms with van der Waals surface area (Å²) in [7, 11) is 0. The van der Waals surface area contributed by atoms with Crippen molar-refractivity contribution in [2.24, 2.45) is 17.8 Å². The Balaban J connectivity index is 1.11. The lowest BCUT2D eigenvalue weighted by atomic mass is 9.78. The molecule has 0 aromatic heterocycles. The predicted octanol–water partition coefficient (Wildman–Crippen LogP) is 4.51. The zero-order chi connectivity index (χ0) is 19.7. The van der Waals surface area contributed by atoms with Crippen LogP contribution in [0.5, 0.6) is 0 Å². The van der Waals surface area contributed by atoms with Gasteiger partial charge in [-0.25, -0.2) is 0 Å². The smallest absolute Gasteiger partial charge is 0.0829 e. The van der Waals surface area contributed by atoms with E-state index in [1.54, 1.807) is 0 Å². The van der Waals surface area contributed by atoms with E-state index in [9.17, 15) is 0 Å². The lowest BCUT2D eigenvalue weighted by Gasteiger charge is -2.47. The van der Waals surface area contributed by atoms with E-state index in [-0.39, 0.29) is 11.1 Å². The highest BCUT2D eigenvalue weighted by molar-refractivity contribution is 4.98. The van der Waals surface area contributed by atoms with E-state index in [4.69, 9.17) is 14.2 Å². The van der Waals surface area contributed by atoms with Crippen LogP contribution in [0.2, 0.25) is 0 Å². The first-order chi connectivity index (χ1) is 12.6. The van der Waals surface area contributed by atoms with Crippen molar-refractivity contribution in [3.8, 4) is 0 Å². The molecule has 0 amide bonds. The minimum Gasteiger partial charge on any atom is -0.381 e. The van der Waals surface area contributed by atoms with Gasteiger partial charge in [0.15, 0.2) is 0 Å². The van der Waals surface area contributed by atoms with Crippen LogP contribution in [-0.2, 0) is 14.2 Å². The van der Waals surface area contributed by atoms with Crippen molar-refractivity contribution in [2.75, 3.05) is 32.9 Å². The minimum absolute atomic E-state index is 0.00994. The van der Waals surface area contributed by atoms with Gasteiger partial charge in [-0.2, -0.15) is 0 Å². The fraction of sp³-hybridized carbons (Fsp3) is 1.00. The second-order valence-corrected chi connectivity index (χ2v) is 11.1. The maximum atomic E-state index is 6.06. The molecule has 0 aromatic carbocycles. The van der Waals surface area contributed by atoms with Crippen molar-refractivity contribution in [3.05, 3.63) is 0 Å². The molecule has 0 N–H and O–H groups in total. The molecule has 2 saturated carbocycles. The van der Waals surface area contributed by atoms with Crippen LogP contribution in [0.3, 0.4) is 0 Å². The molecule has 2 atom stereocenters. The Morgan fingerprint density at radius 1 is 0.852 bits per heavy atom. The van der Waals surface area contributed by atoms with E-state index < -0.39 is 0 Å². The van der Waals surface area contributed by atoms with E-state index in [1.807, 2.05) is 0 Å². The fourth-order valence-corrected chi connectivity index (χ4v) is 4.47. The summed E-state index contributed by atoms with van der Waals surface area (Å²) in [5, 5.41) is 0. The van der Waals surface area contributed by atoms with Crippen LogP contribution in [-0.4, -0.2) is 61.2 Å². The first-order valence-electron chi connectivity index (χ1n) is 11.2. The molecule has 1 saturated heterocycles. The molecular weight excluding hydrogens is 338 g/mol. The highest BCUT2D eigenvalue weighted by Gasteiger charge is 2.48. The summed E-state index contributed by atoms with van der Waals surface area (Å²) in [5.74, 6) is 2.63. The Hall–Kier alpha value is -0.160. The molecule has 3 rings (SSSR count). The largest absolute Gasteiger partial charge is 0.381 e. The van der Waals surface area contributed by atoms with Crippen LogP contribution >= 0.6 is 0 Å². The van der Waals surface area contributed by atoms with Crippen LogP contribution < -0.4 is 0 Å². The summed E-state index contributed by atoms with van der Waals surface area (Å²) in [6.07, 6.45) is 7.11. The molecule has 4 nitrogen and oxygen atoms in total. The molecule has 0 radical (unpaired) electrons. The standard InChI is InChI=1S/C23H43NO3/c1-22(2,3)24-14-20(15-24)26-10-8-7-9-25-16-18-13-21(18)17-11-19(12-17)27-23(4,5)6/h17-21H,7-16H2,1-6H3.